The van der Waals surface area contributed by atoms with Gasteiger partial charge in [-0.3, -0.25) is 0 Å². The first-order valence-electron chi connectivity index (χ1n) is 6.40. The number of H-pyrrole nitrogens is 1. The summed E-state index contributed by atoms with van der Waals surface area (Å²) < 4.78 is 0. The Labute approximate surface area is 113 Å². The number of rotatable bonds is 4. The van der Waals surface area contributed by atoms with E-state index in [1.807, 2.05) is 0 Å². The van der Waals surface area contributed by atoms with E-state index in [-0.39, 0.29) is 0 Å². The second kappa shape index (κ2) is 4.87. The van der Waals surface area contributed by atoms with Gasteiger partial charge < -0.3 is 30.8 Å². The van der Waals surface area contributed by atoms with Crippen molar-refractivity contribution in [2.45, 2.75) is 13.1 Å². The average molecular weight is 259 g/mol. The Bertz CT molecular complexity index is 449. The summed E-state index contributed by atoms with van der Waals surface area (Å²) >= 11 is 0. The molecule has 0 spiro atoms. The van der Waals surface area contributed by atoms with Crippen LogP contribution in [0.1, 0.15) is 11.4 Å². The molecule has 0 aliphatic carbocycles. The van der Waals surface area contributed by atoms with E-state index < -0.39 is 0 Å². The summed E-state index contributed by atoms with van der Waals surface area (Å²) in [4.78, 5) is 8.71. The van der Waals surface area contributed by atoms with Crippen molar-refractivity contribution in [3.05, 3.63) is 42.3 Å². The molecule has 0 fully saturated rings. The summed E-state index contributed by atoms with van der Waals surface area (Å²) in [7, 11) is 4.13. The molecule has 0 aromatic carbocycles. The second-order valence-corrected chi connectivity index (χ2v) is 5.16. The van der Waals surface area contributed by atoms with Gasteiger partial charge in [-0.2, -0.15) is 0 Å². The predicted octanol–water partition coefficient (Wildman–Crippen LogP) is 0.562. The molecule has 102 valence electrons. The van der Waals surface area contributed by atoms with Gasteiger partial charge in [0.1, 0.15) is 0 Å². The van der Waals surface area contributed by atoms with Crippen molar-refractivity contribution in [2.75, 3.05) is 27.4 Å². The SMILES string of the molecule is CN1C=CN(Cc2[c-]c(CN3C=CN(C)C3)[nH]n2)C1. The van der Waals surface area contributed by atoms with E-state index in [4.69, 9.17) is 0 Å². The topological polar surface area (TPSA) is 41.6 Å². The number of aromatic nitrogens is 2. The number of aromatic amines is 1. The Hall–Kier alpha value is -2.11. The third-order valence-corrected chi connectivity index (χ3v) is 3.21. The zero-order valence-electron chi connectivity index (χ0n) is 11.4. The number of nitrogens with zero attached hydrogens (tertiary/aromatic N) is 5. The minimum absolute atomic E-state index is 0.799. The number of hydrogen-bond donors (Lipinski definition) is 1. The van der Waals surface area contributed by atoms with Gasteiger partial charge in [-0.1, -0.05) is 5.69 Å². The van der Waals surface area contributed by atoms with Gasteiger partial charge in [0.05, 0.1) is 13.3 Å². The zero-order chi connectivity index (χ0) is 13.2. The van der Waals surface area contributed by atoms with Gasteiger partial charge in [-0.15, -0.1) is 5.69 Å². The van der Waals surface area contributed by atoms with E-state index in [0.29, 0.717) is 0 Å². The Balaban J connectivity index is 1.55. The molecule has 3 heterocycles. The molecule has 3 rings (SSSR count). The van der Waals surface area contributed by atoms with Crippen molar-refractivity contribution in [3.63, 3.8) is 0 Å². The normalized spacial score (nSPS) is 18.2. The lowest BCUT2D eigenvalue weighted by Gasteiger charge is -2.21. The minimum atomic E-state index is 0.799. The second-order valence-electron chi connectivity index (χ2n) is 5.16. The highest BCUT2D eigenvalue weighted by Gasteiger charge is 2.08. The van der Waals surface area contributed by atoms with Crippen molar-refractivity contribution in [1.29, 1.82) is 0 Å². The zero-order valence-corrected chi connectivity index (χ0v) is 11.4. The molecule has 6 nitrogen and oxygen atoms in total. The summed E-state index contributed by atoms with van der Waals surface area (Å²) in [6.07, 6.45) is 8.31. The lowest BCUT2D eigenvalue weighted by molar-refractivity contribution is 0.287. The molecule has 6 heteroatoms. The molecule has 0 saturated carbocycles. The highest BCUT2D eigenvalue weighted by atomic mass is 15.3. The van der Waals surface area contributed by atoms with Gasteiger partial charge >= 0.3 is 0 Å². The van der Waals surface area contributed by atoms with Crippen molar-refractivity contribution in [3.8, 4) is 0 Å². The molecule has 1 aromatic rings. The van der Waals surface area contributed by atoms with Crippen LogP contribution in [0.2, 0.25) is 0 Å². The standard InChI is InChI=1S/C13H19N6/c1-16-3-5-18(10-16)8-12-7-13(15-14-12)9-19-6-4-17(2)11-19/h3-6H,8-11H2,1-2H3,(H,14,15)/q-1. The predicted molar refractivity (Wildman–Crippen MR) is 72.0 cm³/mol. The van der Waals surface area contributed by atoms with Crippen LogP contribution in [-0.2, 0) is 13.1 Å². The molecule has 0 radical (unpaired) electrons. The van der Waals surface area contributed by atoms with Gasteiger partial charge in [0, 0.05) is 52.0 Å². The van der Waals surface area contributed by atoms with Crippen LogP contribution in [-0.4, -0.2) is 57.2 Å². The van der Waals surface area contributed by atoms with Crippen LogP contribution in [0.4, 0.5) is 0 Å². The van der Waals surface area contributed by atoms with Gasteiger partial charge in [-0.05, 0) is 0 Å². The van der Waals surface area contributed by atoms with Gasteiger partial charge in [-0.25, -0.2) is 5.10 Å². The molecule has 1 aromatic heterocycles. The van der Waals surface area contributed by atoms with Gasteiger partial charge in [0.2, 0.25) is 0 Å². The molecule has 2 aliphatic rings. The molecule has 0 bridgehead atoms. The molecular weight excluding hydrogens is 240 g/mol. The van der Waals surface area contributed by atoms with Crippen molar-refractivity contribution in [1.82, 2.24) is 29.8 Å². The van der Waals surface area contributed by atoms with Gasteiger partial charge in [0.15, 0.2) is 0 Å². The lowest BCUT2D eigenvalue weighted by atomic mass is 10.3. The third-order valence-electron chi connectivity index (χ3n) is 3.21. The molecule has 0 unspecified atom stereocenters. The van der Waals surface area contributed by atoms with E-state index in [9.17, 15) is 0 Å². The molecule has 0 atom stereocenters. The van der Waals surface area contributed by atoms with Crippen LogP contribution in [0, 0.1) is 6.07 Å². The smallest absolute Gasteiger partial charge is 0.0893 e. The third kappa shape index (κ3) is 2.83. The summed E-state index contributed by atoms with van der Waals surface area (Å²) in [6, 6.07) is 3.34. The van der Waals surface area contributed by atoms with Crippen LogP contribution in [0.15, 0.2) is 24.8 Å². The minimum Gasteiger partial charge on any atom is -0.422 e. The molecular formula is C13H19N6-. The van der Waals surface area contributed by atoms with Crippen LogP contribution in [0.3, 0.4) is 0 Å². The lowest BCUT2D eigenvalue weighted by Crippen LogP contribution is -2.22. The fraction of sp³-hybridized carbons (Fsp3) is 0.462. The van der Waals surface area contributed by atoms with Gasteiger partial charge in [0.25, 0.3) is 0 Å². The van der Waals surface area contributed by atoms with E-state index in [0.717, 1.165) is 37.8 Å². The molecule has 19 heavy (non-hydrogen) atoms. The number of hydrogen-bond acceptors (Lipinski definition) is 5. The quantitative estimate of drug-likeness (QED) is 0.800. The number of nitrogens with one attached hydrogen (secondary N) is 1. The Morgan fingerprint density at radius 3 is 2.26 bits per heavy atom. The Morgan fingerprint density at radius 1 is 1.05 bits per heavy atom. The van der Waals surface area contributed by atoms with E-state index >= 15 is 0 Å². The Morgan fingerprint density at radius 2 is 1.68 bits per heavy atom. The Kier molecular flexibility index (Phi) is 3.06. The molecule has 1 N–H and O–H groups in total. The molecule has 0 amide bonds. The maximum Gasteiger partial charge on any atom is 0.0893 e. The molecule has 0 saturated heterocycles. The average Bonchev–Trinajstić information content (AvgIpc) is 3.05. The summed E-state index contributed by atoms with van der Waals surface area (Å²) in [5, 5.41) is 7.40. The first-order valence-corrected chi connectivity index (χ1v) is 6.40. The fourth-order valence-electron chi connectivity index (χ4n) is 2.29. The molecule has 2 aliphatic heterocycles. The summed E-state index contributed by atoms with van der Waals surface area (Å²) in [6.45, 7) is 3.45. The first kappa shape index (κ1) is 12.0. The van der Waals surface area contributed by atoms with Crippen LogP contribution < -0.4 is 0 Å². The monoisotopic (exact) mass is 259 g/mol. The van der Waals surface area contributed by atoms with E-state index in [1.165, 1.54) is 0 Å². The van der Waals surface area contributed by atoms with Crippen molar-refractivity contribution >= 4 is 0 Å². The maximum atomic E-state index is 4.33. The van der Waals surface area contributed by atoms with Crippen LogP contribution in [0.25, 0.3) is 0 Å². The highest BCUT2D eigenvalue weighted by Crippen LogP contribution is 2.12. The van der Waals surface area contributed by atoms with Crippen molar-refractivity contribution in [2.24, 2.45) is 0 Å². The first-order chi connectivity index (χ1) is 9.19. The van der Waals surface area contributed by atoms with Crippen LogP contribution >= 0.6 is 0 Å². The maximum absolute atomic E-state index is 4.33. The van der Waals surface area contributed by atoms with E-state index in [1.54, 1.807) is 0 Å². The van der Waals surface area contributed by atoms with Crippen molar-refractivity contribution < 1.29 is 0 Å². The largest absolute Gasteiger partial charge is 0.422 e. The highest BCUT2D eigenvalue weighted by molar-refractivity contribution is 5.08. The fourth-order valence-corrected chi connectivity index (χ4v) is 2.29. The van der Waals surface area contributed by atoms with E-state index in [2.05, 4.69) is 74.8 Å². The van der Waals surface area contributed by atoms with Crippen LogP contribution in [0.5, 0.6) is 0 Å². The summed E-state index contributed by atoms with van der Waals surface area (Å²) in [5.41, 5.74) is 2.00. The summed E-state index contributed by atoms with van der Waals surface area (Å²) in [5.74, 6) is 0.